The topological polar surface area (TPSA) is 40.9 Å². The van der Waals surface area contributed by atoms with Crippen molar-refractivity contribution in [3.05, 3.63) is 107 Å². The van der Waals surface area contributed by atoms with Crippen molar-refractivity contribution in [2.24, 2.45) is 0 Å². The van der Waals surface area contributed by atoms with E-state index < -0.39 is 0 Å². The first kappa shape index (κ1) is 21.4. The van der Waals surface area contributed by atoms with Gasteiger partial charge in [0, 0.05) is 38.1 Å². The van der Waals surface area contributed by atoms with E-state index in [1.807, 2.05) is 27.6 Å². The van der Waals surface area contributed by atoms with E-state index in [0.717, 1.165) is 55.2 Å². The van der Waals surface area contributed by atoms with Crippen LogP contribution in [0.15, 0.2) is 79.0 Å². The van der Waals surface area contributed by atoms with Crippen LogP contribution < -0.4 is 0 Å². The number of carbonyl (C=O) groups excluding carboxylic acids is 1. The number of fused-ring (bicyclic) bond motifs is 1. The summed E-state index contributed by atoms with van der Waals surface area (Å²) in [6, 6.07) is 25.4. The van der Waals surface area contributed by atoms with Crippen LogP contribution in [0.4, 0.5) is 0 Å². The maximum Gasteiger partial charge on any atom is 0.255 e. The molecule has 3 heterocycles. The Bertz CT molecular complexity index is 1200. The average Bonchev–Trinajstić information content (AvgIpc) is 3.20. The van der Waals surface area contributed by atoms with Gasteiger partial charge in [-0.2, -0.15) is 0 Å². The summed E-state index contributed by atoms with van der Waals surface area (Å²) < 4.78 is 2.04. The zero-order chi connectivity index (χ0) is 22.8. The number of imidazole rings is 1. The van der Waals surface area contributed by atoms with Gasteiger partial charge in [-0.05, 0) is 36.6 Å². The lowest BCUT2D eigenvalue weighted by Crippen LogP contribution is -2.49. The van der Waals surface area contributed by atoms with Crippen molar-refractivity contribution >= 4 is 11.6 Å². The van der Waals surface area contributed by atoms with Crippen molar-refractivity contribution in [3.8, 4) is 0 Å². The number of carbonyl (C=O) groups is 1. The van der Waals surface area contributed by atoms with Gasteiger partial charge in [-0.25, -0.2) is 4.98 Å². The van der Waals surface area contributed by atoms with Crippen molar-refractivity contribution in [1.82, 2.24) is 19.2 Å². The van der Waals surface area contributed by atoms with Crippen LogP contribution in [0.1, 0.15) is 45.8 Å². The summed E-state index contributed by atoms with van der Waals surface area (Å²) in [5.74, 6) is 0.0960. The number of nitrogens with zero attached hydrogens (tertiary/aromatic N) is 4. The first-order valence-corrected chi connectivity index (χ1v) is 11.8. The predicted octanol–water partition coefficient (Wildman–Crippen LogP) is 4.75. The van der Waals surface area contributed by atoms with Crippen LogP contribution in [0.5, 0.6) is 0 Å². The highest BCUT2D eigenvalue weighted by Crippen LogP contribution is 2.29. The molecule has 1 amide bonds. The van der Waals surface area contributed by atoms with E-state index >= 15 is 0 Å². The standard InChI is InChI=1S/C28H30N4O/c1-3-25-21(2)32-20-24(14-15-26(32)29-25)28(33)31-18-16-30(17-19-31)27(22-10-6-4-7-11-22)23-12-8-5-9-13-23/h4-15,20,27H,3,16-19H2,1-2H3. The van der Waals surface area contributed by atoms with Gasteiger partial charge in [0.25, 0.3) is 5.91 Å². The molecule has 0 unspecified atom stereocenters. The van der Waals surface area contributed by atoms with Gasteiger partial charge in [-0.3, -0.25) is 9.69 Å². The molecule has 33 heavy (non-hydrogen) atoms. The molecule has 0 N–H and O–H groups in total. The second-order valence-corrected chi connectivity index (χ2v) is 8.70. The lowest BCUT2D eigenvalue weighted by molar-refractivity contribution is 0.0597. The fourth-order valence-electron chi connectivity index (χ4n) is 4.92. The van der Waals surface area contributed by atoms with E-state index in [1.165, 1.54) is 11.1 Å². The van der Waals surface area contributed by atoms with Gasteiger partial charge in [-0.1, -0.05) is 67.6 Å². The minimum atomic E-state index is 0.0960. The quantitative estimate of drug-likeness (QED) is 0.451. The normalized spacial score (nSPS) is 14.8. The molecule has 4 aromatic rings. The first-order chi connectivity index (χ1) is 16.2. The number of benzene rings is 2. The summed E-state index contributed by atoms with van der Waals surface area (Å²) in [6.45, 7) is 7.29. The third-order valence-electron chi connectivity index (χ3n) is 6.73. The molecule has 0 bridgehead atoms. The number of aromatic nitrogens is 2. The summed E-state index contributed by atoms with van der Waals surface area (Å²) in [5.41, 5.74) is 6.40. The van der Waals surface area contributed by atoms with E-state index in [-0.39, 0.29) is 11.9 Å². The van der Waals surface area contributed by atoms with Crippen molar-refractivity contribution < 1.29 is 4.79 Å². The zero-order valence-corrected chi connectivity index (χ0v) is 19.3. The van der Waals surface area contributed by atoms with Crippen molar-refractivity contribution in [2.75, 3.05) is 26.2 Å². The molecule has 168 valence electrons. The molecule has 5 nitrogen and oxygen atoms in total. The minimum absolute atomic E-state index is 0.0960. The van der Waals surface area contributed by atoms with E-state index in [0.29, 0.717) is 0 Å². The lowest BCUT2D eigenvalue weighted by Gasteiger charge is -2.39. The Kier molecular flexibility index (Phi) is 5.97. The molecule has 5 heteroatoms. The Morgan fingerprint density at radius 2 is 1.48 bits per heavy atom. The van der Waals surface area contributed by atoms with Crippen LogP contribution in [0.2, 0.25) is 0 Å². The lowest BCUT2D eigenvalue weighted by atomic mass is 9.96. The van der Waals surface area contributed by atoms with E-state index in [2.05, 4.69) is 84.4 Å². The number of hydrogen-bond acceptors (Lipinski definition) is 3. The maximum absolute atomic E-state index is 13.3. The van der Waals surface area contributed by atoms with Gasteiger partial charge < -0.3 is 9.30 Å². The molecule has 1 aliphatic rings. The maximum atomic E-state index is 13.3. The summed E-state index contributed by atoms with van der Waals surface area (Å²) in [7, 11) is 0. The first-order valence-electron chi connectivity index (χ1n) is 11.8. The number of rotatable bonds is 5. The third-order valence-corrected chi connectivity index (χ3v) is 6.73. The molecule has 0 radical (unpaired) electrons. The number of hydrogen-bond donors (Lipinski definition) is 0. The van der Waals surface area contributed by atoms with Gasteiger partial charge in [0.1, 0.15) is 5.65 Å². The van der Waals surface area contributed by atoms with Crippen molar-refractivity contribution in [1.29, 1.82) is 0 Å². The van der Waals surface area contributed by atoms with E-state index in [1.54, 1.807) is 0 Å². The van der Waals surface area contributed by atoms with Crippen molar-refractivity contribution in [2.45, 2.75) is 26.3 Å². The molecule has 0 atom stereocenters. The van der Waals surface area contributed by atoms with Crippen LogP contribution in [-0.4, -0.2) is 51.3 Å². The van der Waals surface area contributed by atoms with Crippen LogP contribution in [-0.2, 0) is 6.42 Å². The Balaban J connectivity index is 1.34. The van der Waals surface area contributed by atoms with E-state index in [9.17, 15) is 4.79 Å². The molecule has 1 fully saturated rings. The molecular weight excluding hydrogens is 408 g/mol. The monoisotopic (exact) mass is 438 g/mol. The molecule has 0 spiro atoms. The molecule has 1 saturated heterocycles. The molecule has 0 saturated carbocycles. The SMILES string of the molecule is CCc1nc2ccc(C(=O)N3CCN(C(c4ccccc4)c4ccccc4)CC3)cn2c1C. The molecule has 5 rings (SSSR count). The Morgan fingerprint density at radius 3 is 2.06 bits per heavy atom. The number of pyridine rings is 1. The average molecular weight is 439 g/mol. The zero-order valence-electron chi connectivity index (χ0n) is 19.3. The fraction of sp³-hybridized carbons (Fsp3) is 0.286. The summed E-state index contributed by atoms with van der Waals surface area (Å²) in [5, 5.41) is 0. The van der Waals surface area contributed by atoms with Gasteiger partial charge in [0.05, 0.1) is 17.3 Å². The molecule has 2 aromatic heterocycles. The highest BCUT2D eigenvalue weighted by Gasteiger charge is 2.28. The predicted molar refractivity (Wildman–Crippen MR) is 132 cm³/mol. The highest BCUT2D eigenvalue weighted by molar-refractivity contribution is 5.94. The highest BCUT2D eigenvalue weighted by atomic mass is 16.2. The van der Waals surface area contributed by atoms with Gasteiger partial charge in [0.2, 0.25) is 0 Å². The molecule has 2 aromatic carbocycles. The van der Waals surface area contributed by atoms with Crippen LogP contribution in [0.25, 0.3) is 5.65 Å². The number of piperazine rings is 1. The van der Waals surface area contributed by atoms with Crippen LogP contribution >= 0.6 is 0 Å². The minimum Gasteiger partial charge on any atom is -0.336 e. The Labute approximate surface area is 195 Å². The number of amides is 1. The largest absolute Gasteiger partial charge is 0.336 e. The molecule has 0 aliphatic carbocycles. The molecule has 1 aliphatic heterocycles. The number of aryl methyl sites for hydroxylation is 2. The fourth-order valence-corrected chi connectivity index (χ4v) is 4.92. The second kappa shape index (κ2) is 9.20. The molecular formula is C28H30N4O. The van der Waals surface area contributed by atoms with Gasteiger partial charge >= 0.3 is 0 Å². The smallest absolute Gasteiger partial charge is 0.255 e. The van der Waals surface area contributed by atoms with Crippen LogP contribution in [0, 0.1) is 6.92 Å². The van der Waals surface area contributed by atoms with Crippen molar-refractivity contribution in [3.63, 3.8) is 0 Å². The third kappa shape index (κ3) is 4.16. The summed E-state index contributed by atoms with van der Waals surface area (Å²) in [6.07, 6.45) is 2.84. The van der Waals surface area contributed by atoms with Gasteiger partial charge in [-0.15, -0.1) is 0 Å². The van der Waals surface area contributed by atoms with Crippen LogP contribution in [0.3, 0.4) is 0 Å². The summed E-state index contributed by atoms with van der Waals surface area (Å²) >= 11 is 0. The Hall–Kier alpha value is -3.44. The Morgan fingerprint density at radius 1 is 0.879 bits per heavy atom. The van der Waals surface area contributed by atoms with Gasteiger partial charge in [0.15, 0.2) is 0 Å². The van der Waals surface area contributed by atoms with E-state index in [4.69, 9.17) is 0 Å². The summed E-state index contributed by atoms with van der Waals surface area (Å²) in [4.78, 5) is 22.5. The second-order valence-electron chi connectivity index (χ2n) is 8.70.